The molecule has 0 atom stereocenters. The summed E-state index contributed by atoms with van der Waals surface area (Å²) in [6.45, 7) is 2.65. The Kier molecular flexibility index (Phi) is 5.11. The van der Waals surface area contributed by atoms with E-state index in [0.29, 0.717) is 23.8 Å². The Balaban J connectivity index is 1.84. The lowest BCUT2D eigenvalue weighted by Gasteiger charge is -2.28. The predicted molar refractivity (Wildman–Crippen MR) is 107 cm³/mol. The van der Waals surface area contributed by atoms with Gasteiger partial charge in [0, 0.05) is 41.8 Å². The Morgan fingerprint density at radius 2 is 1.74 bits per heavy atom. The van der Waals surface area contributed by atoms with Gasteiger partial charge in [-0.1, -0.05) is 6.07 Å². The van der Waals surface area contributed by atoms with Gasteiger partial charge < -0.3 is 24.8 Å². The van der Waals surface area contributed by atoms with Gasteiger partial charge in [0.1, 0.15) is 0 Å². The van der Waals surface area contributed by atoms with E-state index >= 15 is 0 Å². The summed E-state index contributed by atoms with van der Waals surface area (Å²) >= 11 is 0. The fourth-order valence-electron chi connectivity index (χ4n) is 3.04. The van der Waals surface area contributed by atoms with Crippen molar-refractivity contribution < 1.29 is 14.2 Å². The Bertz CT molecular complexity index is 855. The van der Waals surface area contributed by atoms with Gasteiger partial charge in [0.25, 0.3) is 0 Å². The number of methoxy groups -OCH3 is 3. The first-order chi connectivity index (χ1) is 12.9. The number of nitrogens with two attached hydrogens (primary N) is 2. The normalized spacial score (nSPS) is 14.1. The van der Waals surface area contributed by atoms with E-state index in [1.165, 1.54) is 0 Å². The highest BCUT2D eigenvalue weighted by Gasteiger charge is 2.23. The molecule has 1 aliphatic rings. The van der Waals surface area contributed by atoms with Crippen LogP contribution in [0.15, 0.2) is 29.3 Å². The summed E-state index contributed by atoms with van der Waals surface area (Å²) in [6, 6.07) is 7.72. The van der Waals surface area contributed by atoms with E-state index in [4.69, 9.17) is 25.7 Å². The molecule has 0 spiro atoms. The van der Waals surface area contributed by atoms with Gasteiger partial charge in [0.2, 0.25) is 11.7 Å². The summed E-state index contributed by atoms with van der Waals surface area (Å²) in [5.74, 6) is 0.486. The minimum Gasteiger partial charge on any atom is -0.493 e. The maximum atomic E-state index is 5.82. The molecule has 144 valence electrons. The lowest BCUT2D eigenvalue weighted by molar-refractivity contribution is 0.324. The van der Waals surface area contributed by atoms with E-state index < -0.39 is 5.91 Å². The summed E-state index contributed by atoms with van der Waals surface area (Å²) < 4.78 is 16.1. The van der Waals surface area contributed by atoms with Crippen molar-refractivity contribution >= 4 is 17.6 Å². The monoisotopic (exact) mass is 371 g/mol. The van der Waals surface area contributed by atoms with Crippen LogP contribution in [0.3, 0.4) is 0 Å². The van der Waals surface area contributed by atoms with Crippen LogP contribution in [-0.4, -0.2) is 33.5 Å². The van der Waals surface area contributed by atoms with Crippen LogP contribution in [-0.2, 0) is 6.54 Å². The second-order valence-electron chi connectivity index (χ2n) is 6.29. The number of anilines is 2. The van der Waals surface area contributed by atoms with E-state index in [0.717, 1.165) is 28.1 Å². The molecule has 1 heterocycles. The number of hydrogen-bond donors (Lipinski definition) is 4. The molecular formula is C19H25N5O3. The van der Waals surface area contributed by atoms with Gasteiger partial charge in [-0.3, -0.25) is 11.5 Å². The zero-order chi connectivity index (χ0) is 19.6. The third-order valence-corrected chi connectivity index (χ3v) is 4.52. The highest BCUT2D eigenvalue weighted by atomic mass is 16.5. The maximum Gasteiger partial charge on any atom is 0.239 e. The Labute approximate surface area is 158 Å². The van der Waals surface area contributed by atoms with Crippen LogP contribution >= 0.6 is 0 Å². The quantitative estimate of drug-likeness (QED) is 0.574. The lowest BCUT2D eigenvalue weighted by Crippen LogP contribution is -2.56. The standard InChI is InChI=1S/C19H25N5O3/c1-11-12(5-6-15-14(11)10-23-19(20,21)24-15)9-22-13-7-16(25-2)18(27-4)17(8-13)26-3/h5-8,10,22,24H,9,20-21H2,1-4H3. The summed E-state index contributed by atoms with van der Waals surface area (Å²) in [7, 11) is 4.77. The number of nitrogens with one attached hydrogen (secondary N) is 2. The van der Waals surface area contributed by atoms with Crippen LogP contribution in [0.2, 0.25) is 0 Å². The Hall–Kier alpha value is -2.97. The molecule has 27 heavy (non-hydrogen) atoms. The number of ether oxygens (including phenoxy) is 3. The van der Waals surface area contributed by atoms with Crippen molar-refractivity contribution in [1.82, 2.24) is 0 Å². The second-order valence-corrected chi connectivity index (χ2v) is 6.29. The SMILES string of the molecule is COc1cc(NCc2ccc3c(c2C)C=NC(N)(N)N3)cc(OC)c1OC. The van der Waals surface area contributed by atoms with Gasteiger partial charge in [-0.2, -0.15) is 0 Å². The lowest BCUT2D eigenvalue weighted by atomic mass is 9.99. The van der Waals surface area contributed by atoms with Gasteiger partial charge in [0.05, 0.1) is 21.3 Å². The Morgan fingerprint density at radius 3 is 2.33 bits per heavy atom. The molecule has 3 rings (SSSR count). The van der Waals surface area contributed by atoms with Crippen molar-refractivity contribution in [2.75, 3.05) is 32.0 Å². The van der Waals surface area contributed by atoms with Crippen LogP contribution in [0.5, 0.6) is 17.2 Å². The maximum absolute atomic E-state index is 5.82. The zero-order valence-electron chi connectivity index (χ0n) is 15.9. The molecule has 8 heteroatoms. The minimum absolute atomic E-state index is 0.560. The molecule has 6 N–H and O–H groups in total. The zero-order valence-corrected chi connectivity index (χ0v) is 15.9. The van der Waals surface area contributed by atoms with Crippen molar-refractivity contribution in [1.29, 1.82) is 0 Å². The number of benzene rings is 2. The van der Waals surface area contributed by atoms with Crippen molar-refractivity contribution in [3.63, 3.8) is 0 Å². The fourth-order valence-corrected chi connectivity index (χ4v) is 3.04. The first kappa shape index (κ1) is 18.8. The molecule has 0 radical (unpaired) electrons. The van der Waals surface area contributed by atoms with Crippen LogP contribution < -0.4 is 36.3 Å². The predicted octanol–water partition coefficient (Wildman–Crippen LogP) is 2.01. The molecule has 0 saturated heterocycles. The molecule has 0 amide bonds. The highest BCUT2D eigenvalue weighted by Crippen LogP contribution is 2.40. The average Bonchev–Trinajstić information content (AvgIpc) is 2.65. The molecule has 0 aliphatic carbocycles. The van der Waals surface area contributed by atoms with Gasteiger partial charge in [-0.25, -0.2) is 4.99 Å². The molecule has 0 unspecified atom stereocenters. The van der Waals surface area contributed by atoms with Crippen molar-refractivity contribution in [2.45, 2.75) is 19.4 Å². The van der Waals surface area contributed by atoms with Gasteiger partial charge in [-0.05, 0) is 24.1 Å². The fraction of sp³-hybridized carbons (Fsp3) is 0.316. The van der Waals surface area contributed by atoms with Gasteiger partial charge >= 0.3 is 0 Å². The van der Waals surface area contributed by atoms with Crippen LogP contribution in [0, 0.1) is 6.92 Å². The second kappa shape index (κ2) is 7.34. The minimum atomic E-state index is -1.27. The van der Waals surface area contributed by atoms with E-state index in [1.807, 2.05) is 31.2 Å². The molecule has 2 aromatic rings. The molecule has 2 aromatic carbocycles. The first-order valence-electron chi connectivity index (χ1n) is 8.46. The molecule has 1 aliphatic heterocycles. The smallest absolute Gasteiger partial charge is 0.239 e. The summed E-state index contributed by atoms with van der Waals surface area (Å²) in [5, 5.41) is 6.41. The largest absolute Gasteiger partial charge is 0.493 e. The van der Waals surface area contributed by atoms with E-state index in [9.17, 15) is 0 Å². The molecular weight excluding hydrogens is 346 g/mol. The van der Waals surface area contributed by atoms with Crippen molar-refractivity contribution in [3.05, 3.63) is 41.0 Å². The molecule has 0 aromatic heterocycles. The topological polar surface area (TPSA) is 116 Å². The number of hydrogen-bond acceptors (Lipinski definition) is 8. The van der Waals surface area contributed by atoms with Gasteiger partial charge in [-0.15, -0.1) is 0 Å². The Morgan fingerprint density at radius 1 is 1.07 bits per heavy atom. The number of fused-ring (bicyclic) bond motifs is 1. The van der Waals surface area contributed by atoms with Gasteiger partial charge in [0.15, 0.2) is 11.5 Å². The summed E-state index contributed by atoms with van der Waals surface area (Å²) in [4.78, 5) is 4.14. The van der Waals surface area contributed by atoms with E-state index in [2.05, 4.69) is 15.6 Å². The van der Waals surface area contributed by atoms with Crippen LogP contribution in [0.1, 0.15) is 16.7 Å². The number of aliphatic imine (C=N–C) groups is 1. The molecule has 8 nitrogen and oxygen atoms in total. The number of nitrogens with zero attached hydrogens (tertiary/aromatic N) is 1. The van der Waals surface area contributed by atoms with Crippen molar-refractivity contribution in [3.8, 4) is 17.2 Å². The molecule has 0 bridgehead atoms. The van der Waals surface area contributed by atoms with E-state index in [1.54, 1.807) is 27.5 Å². The van der Waals surface area contributed by atoms with Crippen LogP contribution in [0.4, 0.5) is 11.4 Å². The van der Waals surface area contributed by atoms with Crippen molar-refractivity contribution in [2.24, 2.45) is 16.5 Å². The van der Waals surface area contributed by atoms with E-state index in [-0.39, 0.29) is 0 Å². The highest BCUT2D eigenvalue weighted by molar-refractivity contribution is 5.92. The summed E-state index contributed by atoms with van der Waals surface area (Å²) in [6.07, 6.45) is 1.71. The summed E-state index contributed by atoms with van der Waals surface area (Å²) in [5.41, 5.74) is 16.6. The number of rotatable bonds is 6. The molecule has 0 fully saturated rings. The third kappa shape index (κ3) is 3.76. The average molecular weight is 371 g/mol. The third-order valence-electron chi connectivity index (χ3n) is 4.52. The van der Waals surface area contributed by atoms with Crippen LogP contribution in [0.25, 0.3) is 0 Å². The molecule has 0 saturated carbocycles. The first-order valence-corrected chi connectivity index (χ1v) is 8.46.